The second kappa shape index (κ2) is 7.38. The minimum atomic E-state index is -1.23. The van der Waals surface area contributed by atoms with Gasteiger partial charge in [0.1, 0.15) is 29.4 Å². The molecule has 0 spiro atoms. The topological polar surface area (TPSA) is 61.6 Å². The van der Waals surface area contributed by atoms with E-state index in [1.165, 1.54) is 30.5 Å². The molecule has 2 heterocycles. The Balaban J connectivity index is 1.48. The molecular weight excluding hydrogens is 384 g/mol. The lowest BCUT2D eigenvalue weighted by Crippen LogP contribution is -2.50. The molecule has 1 N–H and O–H groups in total. The largest absolute Gasteiger partial charge is 0.310 e. The van der Waals surface area contributed by atoms with E-state index in [4.69, 9.17) is 0 Å². The second-order valence-corrected chi connectivity index (χ2v) is 8.06. The molecule has 2 aromatic heterocycles. The Hall–Kier alpha value is -2.53. The summed E-state index contributed by atoms with van der Waals surface area (Å²) in [6, 6.07) is 7.51. The van der Waals surface area contributed by atoms with Crippen LogP contribution in [0.15, 0.2) is 30.5 Å². The molecule has 0 radical (unpaired) electrons. The molecule has 0 saturated heterocycles. The van der Waals surface area contributed by atoms with E-state index in [2.05, 4.69) is 15.3 Å². The Kier molecular flexibility index (Phi) is 5.03. The minimum Gasteiger partial charge on any atom is -0.310 e. The van der Waals surface area contributed by atoms with E-state index < -0.39 is 34.8 Å². The zero-order valence-corrected chi connectivity index (χ0v) is 15.6. The molecule has 0 amide bonds. The van der Waals surface area contributed by atoms with Crippen molar-refractivity contribution in [2.75, 3.05) is 6.54 Å². The zero-order chi connectivity index (χ0) is 20.6. The number of hydrogen-bond donors (Lipinski definition) is 1. The van der Waals surface area contributed by atoms with Crippen molar-refractivity contribution in [1.82, 2.24) is 15.3 Å². The molecule has 2 aliphatic rings. The van der Waals surface area contributed by atoms with Crippen molar-refractivity contribution >= 4 is 0 Å². The van der Waals surface area contributed by atoms with Crippen LogP contribution in [0.1, 0.15) is 42.8 Å². The van der Waals surface area contributed by atoms with Crippen LogP contribution in [0.5, 0.6) is 0 Å². The Morgan fingerprint density at radius 3 is 2.34 bits per heavy atom. The lowest BCUT2D eigenvalue weighted by atomic mass is 9.65. The quantitative estimate of drug-likeness (QED) is 0.744. The van der Waals surface area contributed by atoms with Crippen LogP contribution in [0.4, 0.5) is 17.6 Å². The normalized spacial score (nSPS) is 30.9. The predicted octanol–water partition coefficient (Wildman–Crippen LogP) is 3.81. The van der Waals surface area contributed by atoms with Gasteiger partial charge in [0.15, 0.2) is 0 Å². The van der Waals surface area contributed by atoms with Gasteiger partial charge in [0.2, 0.25) is 0 Å². The Morgan fingerprint density at radius 1 is 1.03 bits per heavy atom. The molecule has 29 heavy (non-hydrogen) atoms. The molecule has 0 aromatic carbocycles. The molecule has 0 bridgehead atoms. The highest BCUT2D eigenvalue weighted by atomic mass is 19.1. The standard InChI is InChI=1S/C21H20F4N4/c22-13-6-20(7-13,11-26)19-17(25)4-3-15(29-19)10-27-12-21(8-14(23)9-21)18-16(24)2-1-5-28-18/h1-5,13-14,27H,6-10,12H2/t13-,14-,20-,21-. The third-order valence-corrected chi connectivity index (χ3v) is 5.97. The van der Waals surface area contributed by atoms with Gasteiger partial charge in [-0.15, -0.1) is 0 Å². The van der Waals surface area contributed by atoms with Crippen molar-refractivity contribution in [3.05, 3.63) is 59.2 Å². The summed E-state index contributed by atoms with van der Waals surface area (Å²) in [5.41, 5.74) is -1.29. The van der Waals surface area contributed by atoms with E-state index in [1.807, 2.05) is 6.07 Å². The number of hydrogen-bond acceptors (Lipinski definition) is 4. The van der Waals surface area contributed by atoms with E-state index in [-0.39, 0.29) is 50.2 Å². The number of pyridine rings is 2. The molecule has 0 atom stereocenters. The second-order valence-electron chi connectivity index (χ2n) is 8.06. The molecule has 0 unspecified atom stereocenters. The van der Waals surface area contributed by atoms with Crippen molar-refractivity contribution < 1.29 is 17.6 Å². The molecule has 2 fully saturated rings. The summed E-state index contributed by atoms with van der Waals surface area (Å²) in [6.45, 7) is 0.507. The number of aromatic nitrogens is 2. The van der Waals surface area contributed by atoms with Gasteiger partial charge in [-0.2, -0.15) is 5.26 Å². The van der Waals surface area contributed by atoms with Crippen molar-refractivity contribution in [3.63, 3.8) is 0 Å². The fourth-order valence-electron chi connectivity index (χ4n) is 4.37. The van der Waals surface area contributed by atoms with E-state index in [0.29, 0.717) is 5.69 Å². The maximum absolute atomic E-state index is 14.2. The number of nitrogens with zero attached hydrogens (tertiary/aromatic N) is 3. The highest BCUT2D eigenvalue weighted by Gasteiger charge is 2.50. The van der Waals surface area contributed by atoms with Gasteiger partial charge in [-0.3, -0.25) is 9.97 Å². The van der Waals surface area contributed by atoms with Crippen molar-refractivity contribution in [2.45, 2.75) is 55.4 Å². The van der Waals surface area contributed by atoms with Crippen LogP contribution in [0, 0.1) is 23.0 Å². The highest BCUT2D eigenvalue weighted by molar-refractivity contribution is 5.34. The molecule has 8 heteroatoms. The average molecular weight is 404 g/mol. The van der Waals surface area contributed by atoms with Crippen molar-refractivity contribution in [1.29, 1.82) is 5.26 Å². The van der Waals surface area contributed by atoms with E-state index in [9.17, 15) is 22.8 Å². The Bertz CT molecular complexity index is 946. The van der Waals surface area contributed by atoms with Crippen LogP contribution in [0.25, 0.3) is 0 Å². The first-order chi connectivity index (χ1) is 13.9. The van der Waals surface area contributed by atoms with E-state index in [0.717, 1.165) is 0 Å². The maximum atomic E-state index is 14.2. The molecular formula is C21H20F4N4. The van der Waals surface area contributed by atoms with Gasteiger partial charge in [0.05, 0.1) is 23.2 Å². The first-order valence-electron chi connectivity index (χ1n) is 9.54. The molecule has 4 rings (SSSR count). The number of nitriles is 1. The van der Waals surface area contributed by atoms with Gasteiger partial charge in [-0.1, -0.05) is 0 Å². The monoisotopic (exact) mass is 404 g/mol. The first-order valence-corrected chi connectivity index (χ1v) is 9.54. The Labute approximate surface area is 166 Å². The van der Waals surface area contributed by atoms with Gasteiger partial charge in [-0.25, -0.2) is 17.6 Å². The summed E-state index contributed by atoms with van der Waals surface area (Å²) >= 11 is 0. The van der Waals surface area contributed by atoms with Gasteiger partial charge in [0.25, 0.3) is 0 Å². The predicted molar refractivity (Wildman–Crippen MR) is 97.3 cm³/mol. The molecule has 2 aliphatic carbocycles. The lowest BCUT2D eigenvalue weighted by molar-refractivity contribution is 0.0855. The first kappa shape index (κ1) is 19.8. The van der Waals surface area contributed by atoms with E-state index in [1.54, 1.807) is 0 Å². The van der Waals surface area contributed by atoms with Gasteiger partial charge < -0.3 is 5.32 Å². The van der Waals surface area contributed by atoms with Crippen LogP contribution >= 0.6 is 0 Å². The number of alkyl halides is 2. The van der Waals surface area contributed by atoms with Crippen molar-refractivity contribution in [2.24, 2.45) is 0 Å². The van der Waals surface area contributed by atoms with Gasteiger partial charge in [0, 0.05) is 37.5 Å². The van der Waals surface area contributed by atoms with Crippen LogP contribution in [-0.2, 0) is 17.4 Å². The molecule has 0 aliphatic heterocycles. The zero-order valence-electron chi connectivity index (χ0n) is 15.6. The summed E-state index contributed by atoms with van der Waals surface area (Å²) in [5, 5.41) is 12.5. The minimum absolute atomic E-state index is 0.0360. The molecule has 152 valence electrons. The maximum Gasteiger partial charge on any atom is 0.146 e. The van der Waals surface area contributed by atoms with E-state index >= 15 is 0 Å². The highest BCUT2D eigenvalue weighted by Crippen LogP contribution is 2.46. The van der Waals surface area contributed by atoms with Crippen LogP contribution in [0.3, 0.4) is 0 Å². The summed E-state index contributed by atoms with van der Waals surface area (Å²) in [5.74, 6) is -1.10. The lowest BCUT2D eigenvalue weighted by Gasteiger charge is -2.44. The molecule has 4 nitrogen and oxygen atoms in total. The van der Waals surface area contributed by atoms with Gasteiger partial charge >= 0.3 is 0 Å². The summed E-state index contributed by atoms with van der Waals surface area (Å²) in [6.07, 6.45) is -0.433. The van der Waals surface area contributed by atoms with Crippen LogP contribution < -0.4 is 5.32 Å². The third kappa shape index (κ3) is 3.48. The smallest absolute Gasteiger partial charge is 0.146 e. The summed E-state index contributed by atoms with van der Waals surface area (Å²) in [4.78, 5) is 8.36. The van der Waals surface area contributed by atoms with Crippen molar-refractivity contribution in [3.8, 4) is 6.07 Å². The average Bonchev–Trinajstić information content (AvgIpc) is 2.65. The SMILES string of the molecule is N#C[C@]1(c2nc(CNC[C@]3(c4ncccc4F)C[C@H](F)C3)ccc2F)C[C@H](F)C1. The summed E-state index contributed by atoms with van der Waals surface area (Å²) in [7, 11) is 0. The number of halogens is 4. The van der Waals surface area contributed by atoms with Crippen LogP contribution in [-0.4, -0.2) is 28.9 Å². The molecule has 2 saturated carbocycles. The van der Waals surface area contributed by atoms with Crippen LogP contribution in [0.2, 0.25) is 0 Å². The fourth-order valence-corrected chi connectivity index (χ4v) is 4.37. The third-order valence-electron chi connectivity index (χ3n) is 5.97. The molecule has 2 aromatic rings. The fraction of sp³-hybridized carbons (Fsp3) is 0.476. The Morgan fingerprint density at radius 2 is 1.72 bits per heavy atom. The number of nitrogens with one attached hydrogen (secondary N) is 1. The van der Waals surface area contributed by atoms with Gasteiger partial charge in [-0.05, 0) is 37.1 Å². The number of rotatable bonds is 6. The summed E-state index contributed by atoms with van der Waals surface area (Å²) < 4.78 is 55.4.